The van der Waals surface area contributed by atoms with Gasteiger partial charge in [0.05, 0.1) is 0 Å². The summed E-state index contributed by atoms with van der Waals surface area (Å²) in [4.78, 5) is 4.45. The number of aromatic nitrogens is 2. The molecule has 0 unspecified atom stereocenters. The molecule has 1 aromatic rings. The summed E-state index contributed by atoms with van der Waals surface area (Å²) in [5.74, 6) is 1.40. The van der Waals surface area contributed by atoms with Gasteiger partial charge in [-0.2, -0.15) is 4.98 Å². The molecule has 0 spiro atoms. The van der Waals surface area contributed by atoms with E-state index in [1.807, 2.05) is 0 Å². The van der Waals surface area contributed by atoms with Crippen molar-refractivity contribution in [3.8, 4) is 0 Å². The standard InChI is InChI=1S/C13H23N3O2/c1-12(2,3)14-9-6-10-15-11(16-18-10)13(17-4)7-5-8-13/h14H,5-9H2,1-4H3. The molecular weight excluding hydrogens is 230 g/mol. The van der Waals surface area contributed by atoms with Crippen molar-refractivity contribution in [2.75, 3.05) is 13.7 Å². The van der Waals surface area contributed by atoms with Crippen molar-refractivity contribution in [3.63, 3.8) is 0 Å². The van der Waals surface area contributed by atoms with E-state index in [4.69, 9.17) is 9.26 Å². The average molecular weight is 253 g/mol. The molecule has 5 heteroatoms. The molecule has 1 aromatic heterocycles. The van der Waals surface area contributed by atoms with Crippen LogP contribution in [0.5, 0.6) is 0 Å². The zero-order chi connectivity index (χ0) is 13.2. The van der Waals surface area contributed by atoms with Crippen LogP contribution in [0, 0.1) is 0 Å². The summed E-state index contributed by atoms with van der Waals surface area (Å²) < 4.78 is 10.8. The maximum Gasteiger partial charge on any atom is 0.228 e. The van der Waals surface area contributed by atoms with Crippen molar-refractivity contribution in [2.24, 2.45) is 0 Å². The lowest BCUT2D eigenvalue weighted by Gasteiger charge is -2.37. The van der Waals surface area contributed by atoms with Crippen LogP contribution in [0.2, 0.25) is 0 Å². The number of rotatable bonds is 5. The molecule has 1 aliphatic rings. The Bertz CT molecular complexity index is 386. The lowest BCUT2D eigenvalue weighted by molar-refractivity contribution is -0.0858. The first kappa shape index (κ1) is 13.5. The smallest absolute Gasteiger partial charge is 0.228 e. The van der Waals surface area contributed by atoms with Crippen LogP contribution in [-0.2, 0) is 16.8 Å². The van der Waals surface area contributed by atoms with Crippen LogP contribution >= 0.6 is 0 Å². The topological polar surface area (TPSA) is 60.2 Å². The van der Waals surface area contributed by atoms with E-state index in [0.717, 1.165) is 25.8 Å². The molecule has 0 aromatic carbocycles. The predicted molar refractivity (Wildman–Crippen MR) is 68.3 cm³/mol. The Labute approximate surface area is 108 Å². The van der Waals surface area contributed by atoms with Crippen LogP contribution in [0.3, 0.4) is 0 Å². The van der Waals surface area contributed by atoms with Gasteiger partial charge >= 0.3 is 0 Å². The van der Waals surface area contributed by atoms with E-state index in [0.29, 0.717) is 11.7 Å². The fourth-order valence-corrected chi connectivity index (χ4v) is 2.10. The summed E-state index contributed by atoms with van der Waals surface area (Å²) >= 11 is 0. The summed E-state index contributed by atoms with van der Waals surface area (Å²) in [5.41, 5.74) is -0.163. The van der Waals surface area contributed by atoms with Crippen LogP contribution in [0.1, 0.15) is 51.7 Å². The van der Waals surface area contributed by atoms with Gasteiger partial charge in [-0.1, -0.05) is 5.16 Å². The van der Waals surface area contributed by atoms with Crippen LogP contribution in [0.15, 0.2) is 4.52 Å². The predicted octanol–water partition coefficient (Wildman–Crippen LogP) is 2.03. The number of methoxy groups -OCH3 is 1. The molecular formula is C13H23N3O2. The van der Waals surface area contributed by atoms with Crippen molar-refractivity contribution in [1.82, 2.24) is 15.5 Å². The molecule has 18 heavy (non-hydrogen) atoms. The Morgan fingerprint density at radius 1 is 1.39 bits per heavy atom. The number of hydrogen-bond acceptors (Lipinski definition) is 5. The fraction of sp³-hybridized carbons (Fsp3) is 0.846. The summed E-state index contributed by atoms with van der Waals surface area (Å²) in [6.45, 7) is 7.26. The molecule has 0 bridgehead atoms. The second-order valence-corrected chi connectivity index (χ2v) is 5.99. The molecule has 0 amide bonds. The lowest BCUT2D eigenvalue weighted by Crippen LogP contribution is -2.37. The summed E-state index contributed by atoms with van der Waals surface area (Å²) in [6.07, 6.45) is 3.90. The van der Waals surface area contributed by atoms with E-state index < -0.39 is 0 Å². The van der Waals surface area contributed by atoms with E-state index >= 15 is 0 Å². The third-order valence-corrected chi connectivity index (χ3v) is 3.42. The van der Waals surface area contributed by atoms with Crippen molar-refractivity contribution >= 4 is 0 Å². The first-order valence-corrected chi connectivity index (χ1v) is 6.58. The van der Waals surface area contributed by atoms with Gasteiger partial charge in [-0.05, 0) is 40.0 Å². The highest BCUT2D eigenvalue weighted by molar-refractivity contribution is 5.06. The summed E-state index contributed by atoms with van der Waals surface area (Å²) in [7, 11) is 1.72. The van der Waals surface area contributed by atoms with Crippen LogP contribution in [-0.4, -0.2) is 29.3 Å². The monoisotopic (exact) mass is 253 g/mol. The highest BCUT2D eigenvalue weighted by Crippen LogP contribution is 2.42. The highest BCUT2D eigenvalue weighted by atomic mass is 16.5. The Hall–Kier alpha value is -0.940. The quantitative estimate of drug-likeness (QED) is 0.870. The minimum absolute atomic E-state index is 0.116. The molecule has 102 valence electrons. The molecule has 5 nitrogen and oxygen atoms in total. The van der Waals surface area contributed by atoms with Gasteiger partial charge in [-0.3, -0.25) is 0 Å². The van der Waals surface area contributed by atoms with Gasteiger partial charge in [-0.15, -0.1) is 0 Å². The van der Waals surface area contributed by atoms with E-state index in [-0.39, 0.29) is 11.1 Å². The van der Waals surface area contributed by atoms with Crippen molar-refractivity contribution in [1.29, 1.82) is 0 Å². The highest BCUT2D eigenvalue weighted by Gasteiger charge is 2.43. The third kappa shape index (κ3) is 2.90. The van der Waals surface area contributed by atoms with E-state index in [1.54, 1.807) is 7.11 Å². The van der Waals surface area contributed by atoms with E-state index in [9.17, 15) is 0 Å². The molecule has 1 heterocycles. The van der Waals surface area contributed by atoms with Gasteiger partial charge in [0, 0.05) is 25.6 Å². The van der Waals surface area contributed by atoms with Gasteiger partial charge < -0.3 is 14.6 Å². The molecule has 1 N–H and O–H groups in total. The lowest BCUT2D eigenvalue weighted by atomic mass is 9.79. The number of nitrogens with zero attached hydrogens (tertiary/aromatic N) is 2. The van der Waals surface area contributed by atoms with Crippen molar-refractivity contribution < 1.29 is 9.26 Å². The first-order valence-electron chi connectivity index (χ1n) is 6.58. The third-order valence-electron chi connectivity index (χ3n) is 3.42. The fourth-order valence-electron chi connectivity index (χ4n) is 2.10. The maximum atomic E-state index is 5.53. The number of nitrogens with one attached hydrogen (secondary N) is 1. The zero-order valence-electron chi connectivity index (χ0n) is 11.7. The number of ether oxygens (including phenoxy) is 1. The Balaban J connectivity index is 1.90. The Morgan fingerprint density at radius 3 is 2.61 bits per heavy atom. The average Bonchev–Trinajstić information content (AvgIpc) is 2.64. The molecule has 0 radical (unpaired) electrons. The Morgan fingerprint density at radius 2 is 2.11 bits per heavy atom. The largest absolute Gasteiger partial charge is 0.370 e. The summed E-state index contributed by atoms with van der Waals surface area (Å²) in [5, 5.41) is 7.46. The van der Waals surface area contributed by atoms with Gasteiger partial charge in [0.1, 0.15) is 5.60 Å². The minimum atomic E-state index is -0.279. The number of hydrogen-bond donors (Lipinski definition) is 1. The van der Waals surface area contributed by atoms with Crippen LogP contribution in [0.25, 0.3) is 0 Å². The van der Waals surface area contributed by atoms with Crippen molar-refractivity contribution in [3.05, 3.63) is 11.7 Å². The molecule has 1 saturated carbocycles. The van der Waals surface area contributed by atoms with Gasteiger partial charge in [0.25, 0.3) is 0 Å². The molecule has 1 fully saturated rings. The summed E-state index contributed by atoms with van der Waals surface area (Å²) in [6, 6.07) is 0. The van der Waals surface area contributed by atoms with Gasteiger partial charge in [0.15, 0.2) is 0 Å². The second-order valence-electron chi connectivity index (χ2n) is 5.99. The SMILES string of the molecule is COC1(c2noc(CCNC(C)(C)C)n2)CCC1. The molecule has 0 aliphatic heterocycles. The maximum absolute atomic E-state index is 5.53. The molecule has 1 aliphatic carbocycles. The Kier molecular flexibility index (Phi) is 3.73. The molecule has 2 rings (SSSR count). The molecule has 0 saturated heterocycles. The zero-order valence-corrected chi connectivity index (χ0v) is 11.7. The minimum Gasteiger partial charge on any atom is -0.370 e. The second kappa shape index (κ2) is 4.97. The van der Waals surface area contributed by atoms with Crippen LogP contribution < -0.4 is 5.32 Å². The van der Waals surface area contributed by atoms with Crippen LogP contribution in [0.4, 0.5) is 0 Å². The van der Waals surface area contributed by atoms with Crippen molar-refractivity contribution in [2.45, 2.75) is 57.6 Å². The van der Waals surface area contributed by atoms with Gasteiger partial charge in [-0.25, -0.2) is 0 Å². The molecule has 0 atom stereocenters. The van der Waals surface area contributed by atoms with E-state index in [2.05, 4.69) is 36.2 Å². The normalized spacial score (nSPS) is 18.7. The van der Waals surface area contributed by atoms with E-state index in [1.165, 1.54) is 6.42 Å². The first-order chi connectivity index (χ1) is 8.45. The van der Waals surface area contributed by atoms with Gasteiger partial charge in [0.2, 0.25) is 11.7 Å².